The normalized spacial score (nSPS) is 11.1. The zero-order valence-electron chi connectivity index (χ0n) is 16.3. The number of aliphatic imine (C=N–C) groups is 1. The summed E-state index contributed by atoms with van der Waals surface area (Å²) < 4.78 is 2.19. The van der Waals surface area contributed by atoms with Crippen LogP contribution in [0.15, 0.2) is 53.9 Å². The predicted octanol–water partition coefficient (Wildman–Crippen LogP) is 3.42. The molecule has 0 fully saturated rings. The molecule has 2 N–H and O–H groups in total. The van der Waals surface area contributed by atoms with E-state index in [2.05, 4.69) is 61.4 Å². The Balaban J connectivity index is 0.00000280. The third-order valence-corrected chi connectivity index (χ3v) is 5.20. The minimum absolute atomic E-state index is 0. The largest absolute Gasteiger partial charge is 0.356 e. The molecule has 0 aliphatic heterocycles. The fourth-order valence-corrected chi connectivity index (χ4v) is 3.58. The topological polar surface area (TPSA) is 67.1 Å². The van der Waals surface area contributed by atoms with Crippen LogP contribution in [0.2, 0.25) is 0 Å². The first kappa shape index (κ1) is 22.4. The number of aromatic nitrogens is 3. The van der Waals surface area contributed by atoms with Crippen LogP contribution in [0.1, 0.15) is 21.3 Å². The number of imidazole rings is 1. The number of hydrogen-bond acceptors (Lipinski definition) is 4. The highest BCUT2D eigenvalue weighted by atomic mass is 127. The van der Waals surface area contributed by atoms with E-state index in [1.54, 1.807) is 18.4 Å². The average molecular weight is 510 g/mol. The van der Waals surface area contributed by atoms with Gasteiger partial charge in [0.05, 0.1) is 11.6 Å². The molecular weight excluding hydrogens is 483 g/mol. The highest BCUT2D eigenvalue weighted by molar-refractivity contribution is 14.0. The Morgan fingerprint density at radius 1 is 1.14 bits per heavy atom. The standard InChI is InChI=1S/C20H26N6S.HI/c1-16-14-24-19(27-16)8-10-23-20(21-2)25-15-18-22-11-13-26(18)12-9-17-6-4-3-5-7-17;/h3-7,11,13-14H,8-10,12,15H2,1-2H3,(H2,21,23,25);1H. The van der Waals surface area contributed by atoms with Gasteiger partial charge in [-0.3, -0.25) is 4.99 Å². The van der Waals surface area contributed by atoms with Gasteiger partial charge in [-0.2, -0.15) is 0 Å². The van der Waals surface area contributed by atoms with Crippen molar-refractivity contribution in [3.05, 3.63) is 70.2 Å². The van der Waals surface area contributed by atoms with E-state index in [0.29, 0.717) is 6.54 Å². The summed E-state index contributed by atoms with van der Waals surface area (Å²) in [5, 5.41) is 7.82. The van der Waals surface area contributed by atoms with Gasteiger partial charge in [0.1, 0.15) is 5.82 Å². The first-order valence-corrected chi connectivity index (χ1v) is 9.96. The highest BCUT2D eigenvalue weighted by Crippen LogP contribution is 2.10. The molecule has 0 radical (unpaired) electrons. The lowest BCUT2D eigenvalue weighted by Crippen LogP contribution is -2.38. The van der Waals surface area contributed by atoms with E-state index < -0.39 is 0 Å². The maximum Gasteiger partial charge on any atom is 0.191 e. The van der Waals surface area contributed by atoms with Crippen LogP contribution in [0.25, 0.3) is 0 Å². The second-order valence-electron chi connectivity index (χ2n) is 6.24. The van der Waals surface area contributed by atoms with Crippen molar-refractivity contribution in [2.75, 3.05) is 13.6 Å². The Labute approximate surface area is 187 Å². The molecule has 0 spiro atoms. The van der Waals surface area contributed by atoms with E-state index in [4.69, 9.17) is 0 Å². The summed E-state index contributed by atoms with van der Waals surface area (Å²) >= 11 is 1.74. The van der Waals surface area contributed by atoms with Crippen molar-refractivity contribution in [3.63, 3.8) is 0 Å². The molecule has 3 aromatic rings. The van der Waals surface area contributed by atoms with E-state index in [1.165, 1.54) is 10.4 Å². The Morgan fingerprint density at radius 2 is 1.96 bits per heavy atom. The number of halogens is 1. The Kier molecular flexibility index (Phi) is 9.42. The fraction of sp³-hybridized carbons (Fsp3) is 0.350. The zero-order chi connectivity index (χ0) is 18.9. The van der Waals surface area contributed by atoms with E-state index in [-0.39, 0.29) is 24.0 Å². The van der Waals surface area contributed by atoms with E-state index in [9.17, 15) is 0 Å². The van der Waals surface area contributed by atoms with Gasteiger partial charge in [-0.15, -0.1) is 35.3 Å². The fourth-order valence-electron chi connectivity index (χ4n) is 2.79. The molecule has 0 aliphatic carbocycles. The van der Waals surface area contributed by atoms with Crippen molar-refractivity contribution in [2.45, 2.75) is 32.9 Å². The second-order valence-corrected chi connectivity index (χ2v) is 7.56. The van der Waals surface area contributed by atoms with Gasteiger partial charge in [0, 0.05) is 50.0 Å². The molecule has 0 unspecified atom stereocenters. The van der Waals surface area contributed by atoms with Crippen LogP contribution >= 0.6 is 35.3 Å². The van der Waals surface area contributed by atoms with E-state index >= 15 is 0 Å². The molecule has 0 saturated carbocycles. The molecule has 1 aromatic carbocycles. The third kappa shape index (κ3) is 6.90. The van der Waals surface area contributed by atoms with Gasteiger partial charge >= 0.3 is 0 Å². The summed E-state index contributed by atoms with van der Waals surface area (Å²) in [5.41, 5.74) is 1.33. The van der Waals surface area contributed by atoms with Gasteiger partial charge in [-0.1, -0.05) is 30.3 Å². The highest BCUT2D eigenvalue weighted by Gasteiger charge is 2.05. The maximum absolute atomic E-state index is 4.47. The molecule has 2 aromatic heterocycles. The van der Waals surface area contributed by atoms with Gasteiger partial charge in [0.25, 0.3) is 0 Å². The van der Waals surface area contributed by atoms with Crippen molar-refractivity contribution in [1.82, 2.24) is 25.2 Å². The number of guanidine groups is 1. The number of aryl methyl sites for hydroxylation is 3. The third-order valence-electron chi connectivity index (χ3n) is 4.22. The van der Waals surface area contributed by atoms with Crippen LogP contribution < -0.4 is 10.6 Å². The summed E-state index contributed by atoms with van der Waals surface area (Å²) in [6, 6.07) is 10.5. The zero-order valence-corrected chi connectivity index (χ0v) is 19.4. The molecule has 3 rings (SSSR count). The van der Waals surface area contributed by atoms with E-state index in [1.807, 2.05) is 24.7 Å². The lowest BCUT2D eigenvalue weighted by molar-refractivity contribution is 0.634. The molecule has 0 aliphatic rings. The summed E-state index contributed by atoms with van der Waals surface area (Å²) in [6.45, 7) is 4.43. The van der Waals surface area contributed by atoms with Crippen LogP contribution in [0.4, 0.5) is 0 Å². The van der Waals surface area contributed by atoms with Crippen LogP contribution in [-0.2, 0) is 25.9 Å². The molecule has 8 heteroatoms. The van der Waals surface area contributed by atoms with Crippen LogP contribution in [-0.4, -0.2) is 34.1 Å². The van der Waals surface area contributed by atoms with Gasteiger partial charge in [0.15, 0.2) is 5.96 Å². The molecule has 0 saturated heterocycles. The number of nitrogens with one attached hydrogen (secondary N) is 2. The van der Waals surface area contributed by atoms with E-state index in [0.717, 1.165) is 42.7 Å². The first-order chi connectivity index (χ1) is 13.2. The Morgan fingerprint density at radius 3 is 2.68 bits per heavy atom. The number of thiazole rings is 1. The summed E-state index contributed by atoms with van der Waals surface area (Å²) in [6.07, 6.45) is 7.68. The van der Waals surface area contributed by atoms with Gasteiger partial charge in [-0.05, 0) is 18.9 Å². The lowest BCUT2D eigenvalue weighted by atomic mass is 10.1. The van der Waals surface area contributed by atoms with Gasteiger partial charge in [0.2, 0.25) is 0 Å². The Hall–Kier alpha value is -1.94. The SMILES string of the molecule is CN=C(NCCc1ncc(C)s1)NCc1nccn1CCc1ccccc1.I. The molecule has 0 atom stereocenters. The summed E-state index contributed by atoms with van der Waals surface area (Å²) in [7, 11) is 1.78. The quantitative estimate of drug-likeness (QED) is 0.277. The van der Waals surface area contributed by atoms with Crippen LogP contribution in [0, 0.1) is 6.92 Å². The van der Waals surface area contributed by atoms with Crippen molar-refractivity contribution in [1.29, 1.82) is 0 Å². The predicted molar refractivity (Wildman–Crippen MR) is 127 cm³/mol. The molecule has 6 nitrogen and oxygen atoms in total. The van der Waals surface area contributed by atoms with Crippen molar-refractivity contribution >= 4 is 41.3 Å². The average Bonchev–Trinajstić information content (AvgIpc) is 3.32. The van der Waals surface area contributed by atoms with Crippen molar-refractivity contribution < 1.29 is 0 Å². The Bertz CT molecular complexity index is 858. The number of nitrogens with zero attached hydrogens (tertiary/aromatic N) is 4. The maximum atomic E-state index is 4.47. The molecule has 0 amide bonds. The molecule has 28 heavy (non-hydrogen) atoms. The molecular formula is C20H27IN6S. The van der Waals surface area contributed by atoms with Gasteiger partial charge in [-0.25, -0.2) is 9.97 Å². The second kappa shape index (κ2) is 11.8. The van der Waals surface area contributed by atoms with Crippen molar-refractivity contribution in [2.24, 2.45) is 4.99 Å². The first-order valence-electron chi connectivity index (χ1n) is 9.14. The monoisotopic (exact) mass is 510 g/mol. The van der Waals surface area contributed by atoms with Gasteiger partial charge < -0.3 is 15.2 Å². The van der Waals surface area contributed by atoms with Crippen LogP contribution in [0.5, 0.6) is 0 Å². The summed E-state index contributed by atoms with van der Waals surface area (Å²) in [4.78, 5) is 14.4. The molecule has 2 heterocycles. The number of benzene rings is 1. The smallest absolute Gasteiger partial charge is 0.191 e. The minimum Gasteiger partial charge on any atom is -0.356 e. The summed E-state index contributed by atoms with van der Waals surface area (Å²) in [5.74, 6) is 1.78. The van der Waals surface area contributed by atoms with Crippen LogP contribution in [0.3, 0.4) is 0 Å². The lowest BCUT2D eigenvalue weighted by Gasteiger charge is -2.12. The van der Waals surface area contributed by atoms with Crippen molar-refractivity contribution in [3.8, 4) is 0 Å². The number of rotatable bonds is 8. The molecule has 150 valence electrons. The molecule has 0 bridgehead atoms. The minimum atomic E-state index is 0. The number of hydrogen-bond donors (Lipinski definition) is 2.